The number of rotatable bonds is 6. The van der Waals surface area contributed by atoms with Gasteiger partial charge in [0.2, 0.25) is 0 Å². The standard InChI is InChI=1S/C25H26BrN3O5S/c1-13(2)33-24(31)21-14(3)27-25-29(22(21)17-11-15(26)7-9-18(17)32-6)23(30)19(35-25)12-16-8-10-20(34-16)28(4)5/h7-13,22H,1-6H3/b19-12-/t22-/m1/s1. The zero-order valence-corrected chi connectivity index (χ0v) is 22.7. The lowest BCUT2D eigenvalue weighted by Crippen LogP contribution is -2.40. The molecule has 0 amide bonds. The Bertz CT molecular complexity index is 1500. The molecule has 1 aliphatic rings. The molecular weight excluding hydrogens is 534 g/mol. The fraction of sp³-hybridized carbons (Fsp3) is 0.320. The Hall–Kier alpha value is -3.11. The van der Waals surface area contributed by atoms with E-state index in [1.54, 1.807) is 46.1 Å². The molecule has 0 saturated heterocycles. The van der Waals surface area contributed by atoms with E-state index in [0.29, 0.717) is 43.6 Å². The molecule has 1 atom stereocenters. The highest BCUT2D eigenvalue weighted by Gasteiger charge is 2.35. The van der Waals surface area contributed by atoms with Crippen molar-refractivity contribution in [1.82, 2.24) is 4.57 Å². The number of ether oxygens (including phenoxy) is 2. The van der Waals surface area contributed by atoms with Gasteiger partial charge in [0.25, 0.3) is 5.56 Å². The van der Waals surface area contributed by atoms with Crippen molar-refractivity contribution in [2.24, 2.45) is 4.99 Å². The summed E-state index contributed by atoms with van der Waals surface area (Å²) in [6.45, 7) is 5.31. The molecule has 35 heavy (non-hydrogen) atoms. The molecular formula is C25H26BrN3O5S. The van der Waals surface area contributed by atoms with Gasteiger partial charge in [0.05, 0.1) is 29.0 Å². The van der Waals surface area contributed by atoms with Crippen LogP contribution in [0.15, 0.2) is 60.3 Å². The van der Waals surface area contributed by atoms with Gasteiger partial charge in [-0.2, -0.15) is 0 Å². The first-order valence-corrected chi connectivity index (χ1v) is 12.6. The maximum absolute atomic E-state index is 13.7. The number of halogens is 1. The van der Waals surface area contributed by atoms with Crippen LogP contribution in [0.1, 0.15) is 38.1 Å². The summed E-state index contributed by atoms with van der Waals surface area (Å²) >= 11 is 4.75. The van der Waals surface area contributed by atoms with Gasteiger partial charge >= 0.3 is 5.97 Å². The molecule has 8 nitrogen and oxygen atoms in total. The second-order valence-electron chi connectivity index (χ2n) is 8.49. The van der Waals surface area contributed by atoms with Crippen molar-refractivity contribution < 1.29 is 18.7 Å². The van der Waals surface area contributed by atoms with Crippen molar-refractivity contribution in [1.29, 1.82) is 0 Å². The highest BCUT2D eigenvalue weighted by atomic mass is 79.9. The van der Waals surface area contributed by atoms with E-state index in [1.165, 1.54) is 15.9 Å². The van der Waals surface area contributed by atoms with Crippen molar-refractivity contribution in [3.05, 3.63) is 77.1 Å². The maximum Gasteiger partial charge on any atom is 0.338 e. The lowest BCUT2D eigenvalue weighted by atomic mass is 9.95. The predicted octanol–water partition coefficient (Wildman–Crippen LogP) is 3.62. The number of anilines is 1. The van der Waals surface area contributed by atoms with Crippen LogP contribution in [0, 0.1) is 0 Å². The van der Waals surface area contributed by atoms with Crippen LogP contribution < -0.4 is 24.5 Å². The van der Waals surface area contributed by atoms with Crippen molar-refractivity contribution in [2.75, 3.05) is 26.1 Å². The monoisotopic (exact) mass is 559 g/mol. The van der Waals surface area contributed by atoms with Gasteiger partial charge in [-0.3, -0.25) is 9.36 Å². The largest absolute Gasteiger partial charge is 0.496 e. The van der Waals surface area contributed by atoms with Crippen molar-refractivity contribution in [2.45, 2.75) is 32.9 Å². The number of hydrogen-bond donors (Lipinski definition) is 0. The first-order chi connectivity index (χ1) is 16.6. The van der Waals surface area contributed by atoms with E-state index in [2.05, 4.69) is 20.9 Å². The van der Waals surface area contributed by atoms with Crippen LogP contribution in [0.25, 0.3) is 6.08 Å². The van der Waals surface area contributed by atoms with E-state index in [4.69, 9.17) is 13.9 Å². The number of aromatic nitrogens is 1. The van der Waals surface area contributed by atoms with Crippen LogP contribution >= 0.6 is 27.3 Å². The van der Waals surface area contributed by atoms with Gasteiger partial charge in [0.15, 0.2) is 10.7 Å². The molecule has 0 fully saturated rings. The third kappa shape index (κ3) is 4.85. The Labute approximate surface area is 214 Å². The van der Waals surface area contributed by atoms with Crippen LogP contribution in [0.4, 0.5) is 5.88 Å². The molecule has 10 heteroatoms. The van der Waals surface area contributed by atoms with Crippen LogP contribution in [0.3, 0.4) is 0 Å². The van der Waals surface area contributed by atoms with Crippen LogP contribution in [0.5, 0.6) is 5.75 Å². The normalized spacial score (nSPS) is 15.8. The number of thiazole rings is 1. The Balaban J connectivity index is 1.97. The predicted molar refractivity (Wildman–Crippen MR) is 139 cm³/mol. The molecule has 0 spiro atoms. The number of carbonyl (C=O) groups is 1. The molecule has 1 aromatic carbocycles. The summed E-state index contributed by atoms with van der Waals surface area (Å²) in [5.41, 5.74) is 1.14. The molecule has 2 aromatic heterocycles. The van der Waals surface area contributed by atoms with Gasteiger partial charge in [-0.25, -0.2) is 9.79 Å². The third-order valence-corrected chi connectivity index (χ3v) is 6.87. The fourth-order valence-electron chi connectivity index (χ4n) is 3.86. The topological polar surface area (TPSA) is 86.3 Å². The molecule has 3 aromatic rings. The van der Waals surface area contributed by atoms with E-state index in [1.807, 2.05) is 37.2 Å². The first kappa shape index (κ1) is 25.0. The lowest BCUT2D eigenvalue weighted by Gasteiger charge is -2.26. The third-order valence-electron chi connectivity index (χ3n) is 5.40. The summed E-state index contributed by atoms with van der Waals surface area (Å²) in [5.74, 6) is 1.24. The minimum absolute atomic E-state index is 0.286. The number of esters is 1. The number of allylic oxidation sites excluding steroid dienone is 1. The number of fused-ring (bicyclic) bond motifs is 1. The Morgan fingerprint density at radius 1 is 1.29 bits per heavy atom. The Morgan fingerprint density at radius 3 is 2.66 bits per heavy atom. The van der Waals surface area contributed by atoms with Crippen molar-refractivity contribution >= 4 is 45.2 Å². The minimum Gasteiger partial charge on any atom is -0.496 e. The average Bonchev–Trinajstić information content (AvgIpc) is 3.37. The fourth-order valence-corrected chi connectivity index (χ4v) is 5.27. The summed E-state index contributed by atoms with van der Waals surface area (Å²) in [6, 6.07) is 8.34. The molecule has 0 aliphatic carbocycles. The van der Waals surface area contributed by atoms with Gasteiger partial charge < -0.3 is 18.8 Å². The second kappa shape index (κ2) is 9.87. The molecule has 184 valence electrons. The summed E-state index contributed by atoms with van der Waals surface area (Å²) in [6.07, 6.45) is 1.36. The number of benzene rings is 1. The van der Waals surface area contributed by atoms with Gasteiger partial charge in [-0.15, -0.1) is 0 Å². The zero-order valence-electron chi connectivity index (χ0n) is 20.3. The number of nitrogens with zero attached hydrogens (tertiary/aromatic N) is 3. The Morgan fingerprint density at radius 2 is 2.03 bits per heavy atom. The van der Waals surface area contributed by atoms with Gasteiger partial charge in [0.1, 0.15) is 17.6 Å². The summed E-state index contributed by atoms with van der Waals surface area (Å²) in [4.78, 5) is 33.9. The molecule has 4 rings (SSSR count). The van der Waals surface area contributed by atoms with Crippen LogP contribution in [0.2, 0.25) is 0 Å². The lowest BCUT2D eigenvalue weighted by molar-refractivity contribution is -0.143. The van der Waals surface area contributed by atoms with Crippen LogP contribution in [-0.4, -0.2) is 37.8 Å². The summed E-state index contributed by atoms with van der Waals surface area (Å²) in [7, 11) is 5.31. The summed E-state index contributed by atoms with van der Waals surface area (Å²) < 4.78 is 19.7. The van der Waals surface area contributed by atoms with E-state index >= 15 is 0 Å². The number of methoxy groups -OCH3 is 1. The van der Waals surface area contributed by atoms with E-state index in [0.717, 1.165) is 4.47 Å². The van der Waals surface area contributed by atoms with Gasteiger partial charge in [-0.05, 0) is 45.0 Å². The molecule has 0 radical (unpaired) electrons. The smallest absolute Gasteiger partial charge is 0.338 e. The number of hydrogen-bond acceptors (Lipinski definition) is 8. The minimum atomic E-state index is -0.777. The van der Waals surface area contributed by atoms with E-state index < -0.39 is 12.0 Å². The van der Waals surface area contributed by atoms with Gasteiger partial charge in [-0.1, -0.05) is 27.3 Å². The summed E-state index contributed by atoms with van der Waals surface area (Å²) in [5, 5.41) is 0. The molecule has 0 saturated carbocycles. The molecule has 0 bridgehead atoms. The Kier molecular flexibility index (Phi) is 7.05. The van der Waals surface area contributed by atoms with E-state index in [-0.39, 0.29) is 11.7 Å². The number of furan rings is 1. The second-order valence-corrected chi connectivity index (χ2v) is 10.4. The molecule has 3 heterocycles. The number of carbonyl (C=O) groups excluding carboxylic acids is 1. The van der Waals surface area contributed by atoms with Gasteiger partial charge in [0, 0.05) is 36.3 Å². The molecule has 0 N–H and O–H groups in total. The highest BCUT2D eigenvalue weighted by Crippen LogP contribution is 2.37. The first-order valence-electron chi connectivity index (χ1n) is 10.9. The van der Waals surface area contributed by atoms with Crippen LogP contribution in [-0.2, 0) is 9.53 Å². The maximum atomic E-state index is 13.7. The van der Waals surface area contributed by atoms with Crippen molar-refractivity contribution in [3.63, 3.8) is 0 Å². The zero-order chi connectivity index (χ0) is 25.4. The van der Waals surface area contributed by atoms with E-state index in [9.17, 15) is 9.59 Å². The average molecular weight is 560 g/mol. The SMILES string of the molecule is COc1ccc(Br)cc1[C@@H]1C(C(=O)OC(C)C)=C(C)N=c2s/c(=C\c3ccc(N(C)C)o3)c(=O)n21. The molecule has 1 aliphatic heterocycles. The molecule has 0 unspecified atom stereocenters. The highest BCUT2D eigenvalue weighted by molar-refractivity contribution is 9.10. The quantitative estimate of drug-likeness (QED) is 0.429. The van der Waals surface area contributed by atoms with Crippen molar-refractivity contribution in [3.8, 4) is 5.75 Å².